The summed E-state index contributed by atoms with van der Waals surface area (Å²) in [4.78, 5) is 10.4. The molecule has 0 spiro atoms. The maximum atomic E-state index is 4.51. The zero-order valence-corrected chi connectivity index (χ0v) is 11.1. The predicted molar refractivity (Wildman–Crippen MR) is 73.0 cm³/mol. The molecule has 7 heteroatoms. The maximum Gasteiger partial charge on any atom is 0.181 e. The van der Waals surface area contributed by atoms with Crippen LogP contribution in [0.4, 0.5) is 0 Å². The van der Waals surface area contributed by atoms with Crippen LogP contribution in [0.25, 0.3) is 0 Å². The maximum absolute atomic E-state index is 4.51. The lowest BCUT2D eigenvalue weighted by Gasteiger charge is -2.11. The molecule has 0 aliphatic rings. The van der Waals surface area contributed by atoms with Gasteiger partial charge in [-0.2, -0.15) is 0 Å². The summed E-state index contributed by atoms with van der Waals surface area (Å²) in [5, 5.41) is 11.8. The predicted octanol–water partition coefficient (Wildman–Crippen LogP) is 0.863. The monoisotopic (exact) mass is 257 g/mol. The van der Waals surface area contributed by atoms with Crippen molar-refractivity contribution in [2.24, 2.45) is 10.1 Å². The van der Waals surface area contributed by atoms with E-state index >= 15 is 0 Å². The van der Waals surface area contributed by atoms with E-state index < -0.39 is 0 Å². The molecular weight excluding hydrogens is 242 g/mol. The van der Waals surface area contributed by atoms with Gasteiger partial charge in [0.25, 0.3) is 0 Å². The van der Waals surface area contributed by atoms with Crippen molar-refractivity contribution in [3.8, 4) is 0 Å². The van der Waals surface area contributed by atoms with Gasteiger partial charge < -0.3 is 4.90 Å². The molecule has 2 aromatic heterocycles. The molecule has 0 aliphatic carbocycles. The minimum atomic E-state index is 0.577. The summed E-state index contributed by atoms with van der Waals surface area (Å²) in [5.41, 5.74) is 0.880. The number of nitrogens with zero attached hydrogens (tertiary/aromatic N) is 7. The molecule has 0 bridgehead atoms. The second-order valence-electron chi connectivity index (χ2n) is 4.05. The summed E-state index contributed by atoms with van der Waals surface area (Å²) in [6, 6.07) is 3.71. The van der Waals surface area contributed by atoms with E-state index in [1.807, 2.05) is 38.1 Å². The molecule has 0 aliphatic heterocycles. The molecule has 0 N–H and O–H groups in total. The van der Waals surface area contributed by atoms with Gasteiger partial charge in [0.1, 0.15) is 18.5 Å². The highest BCUT2D eigenvalue weighted by molar-refractivity contribution is 6.05. The molecule has 2 aromatic rings. The molecule has 0 aromatic carbocycles. The first-order valence-electron chi connectivity index (χ1n) is 5.73. The third kappa shape index (κ3) is 3.44. The molecule has 2 heterocycles. The zero-order chi connectivity index (χ0) is 13.7. The molecule has 0 saturated carbocycles. The zero-order valence-electron chi connectivity index (χ0n) is 11.1. The number of aromatic nitrogens is 4. The van der Waals surface area contributed by atoms with E-state index in [2.05, 4.69) is 25.3 Å². The lowest BCUT2D eigenvalue weighted by atomic mass is 10.2. The lowest BCUT2D eigenvalue weighted by Crippen LogP contribution is -2.20. The Bertz CT molecular complexity index is 569. The Morgan fingerprint density at radius 2 is 1.79 bits per heavy atom. The van der Waals surface area contributed by atoms with Crippen molar-refractivity contribution >= 4 is 11.7 Å². The second kappa shape index (κ2) is 5.85. The van der Waals surface area contributed by atoms with Gasteiger partial charge in [0.15, 0.2) is 5.84 Å². The summed E-state index contributed by atoms with van der Waals surface area (Å²) >= 11 is 0. The summed E-state index contributed by atoms with van der Waals surface area (Å²) in [5.74, 6) is 1.43. The van der Waals surface area contributed by atoms with E-state index in [1.54, 1.807) is 12.4 Å². The van der Waals surface area contributed by atoms with Crippen molar-refractivity contribution in [2.75, 3.05) is 14.1 Å². The summed E-state index contributed by atoms with van der Waals surface area (Å²) in [7, 11) is 3.86. The van der Waals surface area contributed by atoms with Gasteiger partial charge in [-0.1, -0.05) is 0 Å². The number of aliphatic imine (C=N–C) groups is 1. The molecule has 19 heavy (non-hydrogen) atoms. The van der Waals surface area contributed by atoms with Crippen LogP contribution >= 0.6 is 0 Å². The second-order valence-corrected chi connectivity index (χ2v) is 4.05. The van der Waals surface area contributed by atoms with Crippen LogP contribution in [0.5, 0.6) is 0 Å². The van der Waals surface area contributed by atoms with Crippen LogP contribution in [0.2, 0.25) is 0 Å². The highest BCUT2D eigenvalue weighted by Crippen LogP contribution is 2.03. The van der Waals surface area contributed by atoms with Crippen LogP contribution < -0.4 is 0 Å². The average molecular weight is 257 g/mol. The van der Waals surface area contributed by atoms with E-state index in [9.17, 15) is 0 Å². The van der Waals surface area contributed by atoms with Crippen molar-refractivity contribution in [1.82, 2.24) is 24.8 Å². The SMILES string of the molecule is CC(=NC(=Nn1cnnc1)c1ccncc1)N(C)C. The van der Waals surface area contributed by atoms with Crippen LogP contribution in [-0.2, 0) is 0 Å². The number of pyridine rings is 1. The molecule has 98 valence electrons. The summed E-state index contributed by atoms with van der Waals surface area (Å²) < 4.78 is 1.52. The normalized spacial score (nSPS) is 12.6. The van der Waals surface area contributed by atoms with Gasteiger partial charge in [0, 0.05) is 32.1 Å². The van der Waals surface area contributed by atoms with Crippen LogP contribution in [0.3, 0.4) is 0 Å². The molecule has 0 unspecified atom stereocenters. The summed E-state index contributed by atoms with van der Waals surface area (Å²) in [6.45, 7) is 1.92. The third-order valence-electron chi connectivity index (χ3n) is 2.47. The highest BCUT2D eigenvalue weighted by Gasteiger charge is 2.04. The Labute approximate surface area is 111 Å². The fraction of sp³-hybridized carbons (Fsp3) is 0.250. The molecule has 0 saturated heterocycles. The highest BCUT2D eigenvalue weighted by atomic mass is 15.4. The largest absolute Gasteiger partial charge is 0.366 e. The van der Waals surface area contributed by atoms with Gasteiger partial charge in [0.05, 0.1) is 0 Å². The Morgan fingerprint density at radius 3 is 2.37 bits per heavy atom. The van der Waals surface area contributed by atoms with Crippen molar-refractivity contribution in [2.45, 2.75) is 6.92 Å². The van der Waals surface area contributed by atoms with Gasteiger partial charge in [-0.3, -0.25) is 4.98 Å². The molecule has 0 amide bonds. The topological polar surface area (TPSA) is 71.6 Å². The van der Waals surface area contributed by atoms with E-state index in [-0.39, 0.29) is 0 Å². The first-order valence-corrected chi connectivity index (χ1v) is 5.73. The molecule has 0 radical (unpaired) electrons. The van der Waals surface area contributed by atoms with Gasteiger partial charge >= 0.3 is 0 Å². The van der Waals surface area contributed by atoms with E-state index in [4.69, 9.17) is 0 Å². The third-order valence-corrected chi connectivity index (χ3v) is 2.47. The molecular formula is C12H15N7. The Kier molecular flexibility index (Phi) is 3.97. The van der Waals surface area contributed by atoms with Crippen molar-refractivity contribution in [3.63, 3.8) is 0 Å². The Hall–Kier alpha value is -2.57. The van der Waals surface area contributed by atoms with Gasteiger partial charge in [-0.05, 0) is 19.1 Å². The minimum absolute atomic E-state index is 0.577. The fourth-order valence-electron chi connectivity index (χ4n) is 1.26. The van der Waals surface area contributed by atoms with Crippen molar-refractivity contribution in [1.29, 1.82) is 0 Å². The molecule has 2 rings (SSSR count). The lowest BCUT2D eigenvalue weighted by molar-refractivity contribution is 0.619. The summed E-state index contributed by atoms with van der Waals surface area (Å²) in [6.07, 6.45) is 6.44. The number of rotatable bonds is 2. The van der Waals surface area contributed by atoms with E-state index in [1.165, 1.54) is 17.3 Å². The van der Waals surface area contributed by atoms with Gasteiger partial charge in [-0.15, -0.1) is 15.3 Å². The van der Waals surface area contributed by atoms with Crippen LogP contribution in [0, 0.1) is 0 Å². The Balaban J connectivity index is 2.43. The van der Waals surface area contributed by atoms with Crippen molar-refractivity contribution in [3.05, 3.63) is 42.7 Å². The minimum Gasteiger partial charge on any atom is -0.366 e. The molecule has 7 nitrogen and oxygen atoms in total. The smallest absolute Gasteiger partial charge is 0.181 e. The van der Waals surface area contributed by atoms with Crippen LogP contribution in [-0.4, -0.2) is 50.5 Å². The van der Waals surface area contributed by atoms with Crippen molar-refractivity contribution < 1.29 is 0 Å². The van der Waals surface area contributed by atoms with E-state index in [0.717, 1.165) is 11.4 Å². The van der Waals surface area contributed by atoms with Gasteiger partial charge in [-0.25, -0.2) is 9.67 Å². The number of hydrogen-bond acceptors (Lipinski definition) is 4. The molecule has 0 fully saturated rings. The van der Waals surface area contributed by atoms with E-state index in [0.29, 0.717) is 5.84 Å². The first kappa shape index (κ1) is 12.9. The van der Waals surface area contributed by atoms with Crippen LogP contribution in [0.1, 0.15) is 12.5 Å². The number of amidine groups is 2. The standard InChI is InChI=1S/C12H15N7/c1-10(18(2)3)16-12(11-4-6-13-7-5-11)17-19-8-14-15-9-19/h4-9H,1-3H3. The quantitative estimate of drug-likeness (QED) is 0.591. The Morgan fingerprint density at radius 1 is 1.16 bits per heavy atom. The number of hydrogen-bond donors (Lipinski definition) is 0. The van der Waals surface area contributed by atoms with Crippen LogP contribution in [0.15, 0.2) is 47.3 Å². The average Bonchev–Trinajstić information content (AvgIpc) is 2.91. The fourth-order valence-corrected chi connectivity index (χ4v) is 1.26. The van der Waals surface area contributed by atoms with Gasteiger partial charge in [0.2, 0.25) is 0 Å². The first-order chi connectivity index (χ1) is 9.16. The molecule has 0 atom stereocenters.